The van der Waals surface area contributed by atoms with Crippen molar-refractivity contribution in [2.24, 2.45) is 0 Å². The number of benzene rings is 2. The van der Waals surface area contributed by atoms with Crippen molar-refractivity contribution in [3.8, 4) is 11.5 Å². The molecular formula is C21H26N2O3. The van der Waals surface area contributed by atoms with E-state index >= 15 is 0 Å². The molecule has 1 fully saturated rings. The molecule has 5 heteroatoms. The molecule has 0 aromatic heterocycles. The Kier molecular flexibility index (Phi) is 5.91. The van der Waals surface area contributed by atoms with Crippen molar-refractivity contribution in [2.75, 3.05) is 19.6 Å². The van der Waals surface area contributed by atoms with Gasteiger partial charge in [-0.15, -0.1) is 0 Å². The standard InChI is InChI=1S/C21H26N2O3/c1-16-4-2-5-19(14-16)26-18-8-6-17(7-9-18)20(24)23-15-21(25)10-3-12-22-13-11-21/h2,4-9,14,22,25H,3,10-13,15H2,1H3,(H,23,24)/t21-/m0/s1. The SMILES string of the molecule is Cc1cccc(Oc2ccc(C(=O)NC[C@]3(O)CCCNCC3)cc2)c1. The fourth-order valence-electron chi connectivity index (χ4n) is 3.13. The van der Waals surface area contributed by atoms with Crippen LogP contribution in [0.3, 0.4) is 0 Å². The Morgan fingerprint density at radius 1 is 1.15 bits per heavy atom. The molecule has 1 saturated heterocycles. The van der Waals surface area contributed by atoms with E-state index in [1.165, 1.54) is 0 Å². The van der Waals surface area contributed by atoms with Gasteiger partial charge in [-0.3, -0.25) is 4.79 Å². The van der Waals surface area contributed by atoms with Crippen LogP contribution < -0.4 is 15.4 Å². The van der Waals surface area contributed by atoms with E-state index in [1.54, 1.807) is 24.3 Å². The van der Waals surface area contributed by atoms with Crippen LogP contribution in [0.25, 0.3) is 0 Å². The molecule has 0 spiro atoms. The van der Waals surface area contributed by atoms with E-state index in [1.807, 2.05) is 31.2 Å². The molecule has 1 heterocycles. The Bertz CT molecular complexity index is 735. The van der Waals surface area contributed by atoms with Gasteiger partial charge in [-0.1, -0.05) is 12.1 Å². The number of nitrogens with one attached hydrogen (secondary N) is 2. The van der Waals surface area contributed by atoms with Crippen molar-refractivity contribution in [3.05, 3.63) is 59.7 Å². The first-order chi connectivity index (χ1) is 12.5. The number of hydrogen-bond donors (Lipinski definition) is 3. The molecule has 0 bridgehead atoms. The van der Waals surface area contributed by atoms with Gasteiger partial charge >= 0.3 is 0 Å². The molecule has 1 atom stereocenters. The van der Waals surface area contributed by atoms with Crippen LogP contribution in [0.1, 0.15) is 35.2 Å². The second-order valence-corrected chi connectivity index (χ2v) is 6.95. The second kappa shape index (κ2) is 8.34. The van der Waals surface area contributed by atoms with E-state index < -0.39 is 5.60 Å². The number of hydrogen-bond acceptors (Lipinski definition) is 4. The van der Waals surface area contributed by atoms with Crippen molar-refractivity contribution in [3.63, 3.8) is 0 Å². The Morgan fingerprint density at radius 2 is 1.96 bits per heavy atom. The smallest absolute Gasteiger partial charge is 0.251 e. The molecule has 2 aromatic rings. The van der Waals surface area contributed by atoms with Crippen molar-refractivity contribution in [1.29, 1.82) is 0 Å². The van der Waals surface area contributed by atoms with E-state index in [2.05, 4.69) is 10.6 Å². The van der Waals surface area contributed by atoms with E-state index in [4.69, 9.17) is 4.74 Å². The predicted octanol–water partition coefficient (Wildman–Crippen LogP) is 3.02. The lowest BCUT2D eigenvalue weighted by Gasteiger charge is -2.26. The summed E-state index contributed by atoms with van der Waals surface area (Å²) in [5.74, 6) is 1.27. The summed E-state index contributed by atoms with van der Waals surface area (Å²) in [5, 5.41) is 16.7. The van der Waals surface area contributed by atoms with E-state index in [-0.39, 0.29) is 12.5 Å². The largest absolute Gasteiger partial charge is 0.457 e. The maximum Gasteiger partial charge on any atom is 0.251 e. The molecule has 26 heavy (non-hydrogen) atoms. The summed E-state index contributed by atoms with van der Waals surface area (Å²) in [6, 6.07) is 14.8. The van der Waals surface area contributed by atoms with Crippen molar-refractivity contribution >= 4 is 5.91 Å². The van der Waals surface area contributed by atoms with Crippen molar-refractivity contribution in [2.45, 2.75) is 31.8 Å². The maximum atomic E-state index is 12.4. The quantitative estimate of drug-likeness (QED) is 0.772. The Morgan fingerprint density at radius 3 is 2.73 bits per heavy atom. The molecule has 0 saturated carbocycles. The van der Waals surface area contributed by atoms with Gasteiger partial charge in [-0.05, 0) is 81.2 Å². The molecule has 138 valence electrons. The molecule has 2 aromatic carbocycles. The molecule has 1 amide bonds. The normalized spacial score (nSPS) is 20.2. The highest BCUT2D eigenvalue weighted by atomic mass is 16.5. The number of carbonyl (C=O) groups is 1. The molecule has 3 N–H and O–H groups in total. The first kappa shape index (κ1) is 18.4. The number of carbonyl (C=O) groups excluding carboxylic acids is 1. The van der Waals surface area contributed by atoms with Gasteiger partial charge in [0, 0.05) is 12.1 Å². The fourth-order valence-corrected chi connectivity index (χ4v) is 3.13. The zero-order valence-corrected chi connectivity index (χ0v) is 15.1. The summed E-state index contributed by atoms with van der Waals surface area (Å²) < 4.78 is 5.80. The molecule has 5 nitrogen and oxygen atoms in total. The van der Waals surface area contributed by atoms with Crippen LogP contribution in [-0.2, 0) is 0 Å². The average Bonchev–Trinajstić information content (AvgIpc) is 2.85. The number of amides is 1. The summed E-state index contributed by atoms with van der Waals surface area (Å²) >= 11 is 0. The van der Waals surface area contributed by atoms with Crippen LogP contribution in [0, 0.1) is 6.92 Å². The number of ether oxygens (including phenoxy) is 1. The molecule has 0 aliphatic carbocycles. The van der Waals surface area contributed by atoms with Gasteiger partial charge in [0.15, 0.2) is 0 Å². The highest BCUT2D eigenvalue weighted by Gasteiger charge is 2.28. The lowest BCUT2D eigenvalue weighted by Crippen LogP contribution is -2.43. The van der Waals surface area contributed by atoms with Gasteiger partial charge in [0.1, 0.15) is 11.5 Å². The summed E-state index contributed by atoms with van der Waals surface area (Å²) in [6.45, 7) is 3.98. The highest BCUT2D eigenvalue weighted by molar-refractivity contribution is 5.94. The third kappa shape index (κ3) is 5.07. The van der Waals surface area contributed by atoms with Gasteiger partial charge in [0.2, 0.25) is 0 Å². The average molecular weight is 354 g/mol. The number of aryl methyl sites for hydroxylation is 1. The van der Waals surface area contributed by atoms with Gasteiger partial charge in [-0.2, -0.15) is 0 Å². The van der Waals surface area contributed by atoms with Crippen molar-refractivity contribution < 1.29 is 14.6 Å². The first-order valence-electron chi connectivity index (χ1n) is 9.10. The third-order valence-corrected chi connectivity index (χ3v) is 4.68. The molecule has 0 radical (unpaired) electrons. The van der Waals surface area contributed by atoms with Gasteiger partial charge in [0.05, 0.1) is 5.60 Å². The fraction of sp³-hybridized carbons (Fsp3) is 0.381. The van der Waals surface area contributed by atoms with Gasteiger partial charge in [-0.25, -0.2) is 0 Å². The van der Waals surface area contributed by atoms with Gasteiger partial charge in [0.25, 0.3) is 5.91 Å². The van der Waals surface area contributed by atoms with Gasteiger partial charge < -0.3 is 20.5 Å². The second-order valence-electron chi connectivity index (χ2n) is 6.95. The van der Waals surface area contributed by atoms with Crippen LogP contribution in [0.4, 0.5) is 0 Å². The minimum absolute atomic E-state index is 0.183. The summed E-state index contributed by atoms with van der Waals surface area (Å²) in [5.41, 5.74) is 0.856. The van der Waals surface area contributed by atoms with E-state index in [0.29, 0.717) is 24.2 Å². The molecular weight excluding hydrogens is 328 g/mol. The van der Waals surface area contributed by atoms with E-state index in [0.717, 1.165) is 30.8 Å². The number of rotatable bonds is 5. The minimum Gasteiger partial charge on any atom is -0.457 e. The lowest BCUT2D eigenvalue weighted by atomic mass is 9.95. The molecule has 1 aliphatic heterocycles. The Labute approximate surface area is 154 Å². The van der Waals surface area contributed by atoms with Crippen LogP contribution in [-0.4, -0.2) is 36.2 Å². The molecule has 1 aliphatic rings. The Balaban J connectivity index is 1.56. The summed E-state index contributed by atoms with van der Waals surface area (Å²) in [6.07, 6.45) is 2.26. The lowest BCUT2D eigenvalue weighted by molar-refractivity contribution is 0.0276. The zero-order valence-electron chi connectivity index (χ0n) is 15.1. The van der Waals surface area contributed by atoms with E-state index in [9.17, 15) is 9.90 Å². The highest BCUT2D eigenvalue weighted by Crippen LogP contribution is 2.23. The topological polar surface area (TPSA) is 70.6 Å². The summed E-state index contributed by atoms with van der Waals surface area (Å²) in [7, 11) is 0. The minimum atomic E-state index is -0.826. The van der Waals surface area contributed by atoms with Crippen LogP contribution in [0.5, 0.6) is 11.5 Å². The zero-order chi connectivity index (χ0) is 18.4. The first-order valence-corrected chi connectivity index (χ1v) is 9.10. The molecule has 3 rings (SSSR count). The summed E-state index contributed by atoms with van der Waals surface area (Å²) in [4.78, 5) is 12.4. The predicted molar refractivity (Wildman–Crippen MR) is 102 cm³/mol. The number of aliphatic hydroxyl groups is 1. The Hall–Kier alpha value is -2.37. The van der Waals surface area contributed by atoms with Crippen LogP contribution in [0.15, 0.2) is 48.5 Å². The third-order valence-electron chi connectivity index (χ3n) is 4.68. The molecule has 0 unspecified atom stereocenters. The monoisotopic (exact) mass is 354 g/mol. The van der Waals surface area contributed by atoms with Crippen LogP contribution >= 0.6 is 0 Å². The van der Waals surface area contributed by atoms with Crippen molar-refractivity contribution in [1.82, 2.24) is 10.6 Å². The maximum absolute atomic E-state index is 12.4. The van der Waals surface area contributed by atoms with Crippen LogP contribution in [0.2, 0.25) is 0 Å².